The van der Waals surface area contributed by atoms with Gasteiger partial charge in [0.2, 0.25) is 0 Å². The monoisotopic (exact) mass is 529 g/mol. The molecule has 0 radical (unpaired) electrons. The number of aromatic carboxylic acids is 1. The van der Waals surface area contributed by atoms with Crippen LogP contribution in [0.1, 0.15) is 53.9 Å². The summed E-state index contributed by atoms with van der Waals surface area (Å²) < 4.78 is 6.04. The molecule has 0 heterocycles. The number of halogens is 2. The van der Waals surface area contributed by atoms with Gasteiger partial charge in [-0.15, -0.1) is 0 Å². The Bertz CT molecular complexity index is 1190. The molecular formula is C29H33Cl2NO4. The lowest BCUT2D eigenvalue weighted by Crippen LogP contribution is -2.46. The molecule has 36 heavy (non-hydrogen) atoms. The van der Waals surface area contributed by atoms with Crippen LogP contribution in [0.3, 0.4) is 0 Å². The number of nitrogens with one attached hydrogen (secondary N) is 1. The Kier molecular flexibility index (Phi) is 9.56. The predicted octanol–water partition coefficient (Wildman–Crippen LogP) is 6.72. The first kappa shape index (κ1) is 28.2. The average molecular weight is 530 g/mol. The second-order valence-corrected chi connectivity index (χ2v) is 10.6. The molecule has 3 aromatic rings. The predicted molar refractivity (Wildman–Crippen MR) is 146 cm³/mol. The molecule has 0 aliphatic heterocycles. The van der Waals surface area contributed by atoms with Crippen LogP contribution >= 0.6 is 23.2 Å². The smallest absolute Gasteiger partial charge is 0.335 e. The van der Waals surface area contributed by atoms with Crippen molar-refractivity contribution in [3.05, 3.63) is 93.0 Å². The minimum absolute atomic E-state index is 0.165. The third-order valence-corrected chi connectivity index (χ3v) is 6.53. The van der Waals surface area contributed by atoms with E-state index in [2.05, 4.69) is 19.2 Å². The van der Waals surface area contributed by atoms with Gasteiger partial charge in [0.25, 0.3) is 0 Å². The van der Waals surface area contributed by atoms with Crippen LogP contribution in [0.25, 0.3) is 11.1 Å². The summed E-state index contributed by atoms with van der Waals surface area (Å²) in [4.78, 5) is 11.4. The van der Waals surface area contributed by atoms with E-state index in [-0.39, 0.29) is 23.8 Å². The van der Waals surface area contributed by atoms with Crippen LogP contribution in [0.5, 0.6) is 0 Å². The van der Waals surface area contributed by atoms with Crippen molar-refractivity contribution in [3.8, 4) is 11.1 Å². The van der Waals surface area contributed by atoms with Crippen LogP contribution in [0, 0.1) is 6.92 Å². The van der Waals surface area contributed by atoms with Gasteiger partial charge in [0.1, 0.15) is 0 Å². The number of carboxylic acids is 1. The lowest BCUT2D eigenvalue weighted by Gasteiger charge is -2.28. The van der Waals surface area contributed by atoms with Crippen LogP contribution in [-0.4, -0.2) is 41.0 Å². The van der Waals surface area contributed by atoms with Crippen LogP contribution in [0.4, 0.5) is 0 Å². The number of aliphatic hydroxyl groups is 1. The molecule has 3 N–H and O–H groups in total. The fourth-order valence-corrected chi connectivity index (χ4v) is 4.84. The fraction of sp³-hybridized carbons (Fsp3) is 0.345. The Morgan fingerprint density at radius 1 is 1.06 bits per heavy atom. The second kappa shape index (κ2) is 12.2. The summed E-state index contributed by atoms with van der Waals surface area (Å²) >= 11 is 12.2. The van der Waals surface area contributed by atoms with Gasteiger partial charge < -0.3 is 20.3 Å². The van der Waals surface area contributed by atoms with E-state index < -0.39 is 12.1 Å². The molecule has 0 aliphatic carbocycles. The first-order valence-electron chi connectivity index (χ1n) is 11.9. The van der Waals surface area contributed by atoms with E-state index in [1.54, 1.807) is 19.1 Å². The number of carboxylic acid groups (broad SMARTS) is 1. The highest BCUT2D eigenvalue weighted by Crippen LogP contribution is 2.31. The number of aryl methyl sites for hydroxylation is 1. The molecular weight excluding hydrogens is 497 g/mol. The van der Waals surface area contributed by atoms with Gasteiger partial charge in [0.15, 0.2) is 0 Å². The zero-order valence-corrected chi connectivity index (χ0v) is 22.5. The van der Waals surface area contributed by atoms with E-state index in [1.807, 2.05) is 55.5 Å². The Labute approximate surface area is 223 Å². The van der Waals surface area contributed by atoms with Crippen LogP contribution < -0.4 is 5.32 Å². The first-order valence-corrected chi connectivity index (χ1v) is 12.6. The van der Waals surface area contributed by atoms with E-state index in [1.165, 1.54) is 0 Å². The molecule has 3 rings (SSSR count). The maximum atomic E-state index is 11.4. The van der Waals surface area contributed by atoms with E-state index in [0.29, 0.717) is 28.6 Å². The molecule has 0 spiro atoms. The topological polar surface area (TPSA) is 78.8 Å². The van der Waals surface area contributed by atoms with Gasteiger partial charge in [0, 0.05) is 22.1 Å². The summed E-state index contributed by atoms with van der Waals surface area (Å²) in [5.74, 6) is -0.939. The number of rotatable bonds is 11. The zero-order valence-electron chi connectivity index (χ0n) is 21.0. The van der Waals surface area contributed by atoms with Gasteiger partial charge in [-0.1, -0.05) is 59.6 Å². The number of β-amino-alcohol motifs (C(OH)–C–C–N with tert-alkyl or cyclic N) is 1. The first-order chi connectivity index (χ1) is 16.9. The molecule has 0 aromatic heterocycles. The van der Waals surface area contributed by atoms with Crippen molar-refractivity contribution in [2.45, 2.75) is 51.9 Å². The molecule has 5 nitrogen and oxygen atoms in total. The van der Waals surface area contributed by atoms with Gasteiger partial charge in [0.05, 0.1) is 24.4 Å². The Hall–Kier alpha value is -2.41. The van der Waals surface area contributed by atoms with Gasteiger partial charge >= 0.3 is 5.97 Å². The van der Waals surface area contributed by atoms with Crippen LogP contribution in [0.15, 0.2) is 60.7 Å². The van der Waals surface area contributed by atoms with Crippen molar-refractivity contribution >= 4 is 29.2 Å². The van der Waals surface area contributed by atoms with E-state index in [9.17, 15) is 15.0 Å². The maximum absolute atomic E-state index is 11.4. The third kappa shape index (κ3) is 7.79. The number of carbonyl (C=O) groups is 1. The summed E-state index contributed by atoms with van der Waals surface area (Å²) in [5.41, 5.74) is 4.59. The highest BCUT2D eigenvalue weighted by molar-refractivity contribution is 6.34. The lowest BCUT2D eigenvalue weighted by atomic mass is 9.94. The summed E-state index contributed by atoms with van der Waals surface area (Å²) in [7, 11) is 0. The zero-order chi connectivity index (χ0) is 26.5. The summed E-state index contributed by atoms with van der Waals surface area (Å²) in [6, 6.07) is 18.7. The molecule has 0 unspecified atom stereocenters. The SMILES string of the molecule is Cc1cc(-c2ccccc2[C@@H](C)OC[C@H](O)CNC(C)(C)Cc2cc(Cl)cc(Cl)c2)ccc1C(=O)O. The van der Waals surface area contributed by atoms with Crippen molar-refractivity contribution < 1.29 is 19.7 Å². The Morgan fingerprint density at radius 3 is 2.36 bits per heavy atom. The van der Waals surface area contributed by atoms with Crippen molar-refractivity contribution in [2.24, 2.45) is 0 Å². The van der Waals surface area contributed by atoms with E-state index in [4.69, 9.17) is 27.9 Å². The van der Waals surface area contributed by atoms with E-state index >= 15 is 0 Å². The summed E-state index contributed by atoms with van der Waals surface area (Å²) in [5, 5.41) is 24.5. The molecule has 2 atom stereocenters. The number of aliphatic hydroxyl groups excluding tert-OH is 1. The average Bonchev–Trinajstić information content (AvgIpc) is 2.80. The summed E-state index contributed by atoms with van der Waals surface area (Å²) in [6.07, 6.45) is -0.263. The Morgan fingerprint density at radius 2 is 1.72 bits per heavy atom. The number of hydrogen-bond acceptors (Lipinski definition) is 4. The lowest BCUT2D eigenvalue weighted by molar-refractivity contribution is -0.00397. The molecule has 0 saturated heterocycles. The number of ether oxygens (including phenoxy) is 1. The number of benzene rings is 3. The maximum Gasteiger partial charge on any atom is 0.335 e. The fourth-order valence-electron chi connectivity index (χ4n) is 4.27. The largest absolute Gasteiger partial charge is 0.478 e. The quantitative estimate of drug-likeness (QED) is 0.257. The van der Waals surface area contributed by atoms with Crippen molar-refractivity contribution in [3.63, 3.8) is 0 Å². The van der Waals surface area contributed by atoms with Crippen molar-refractivity contribution in [2.75, 3.05) is 13.2 Å². The highest BCUT2D eigenvalue weighted by atomic mass is 35.5. The third-order valence-electron chi connectivity index (χ3n) is 6.09. The van der Waals surface area contributed by atoms with Gasteiger partial charge in [-0.05, 0) is 86.2 Å². The molecule has 0 fully saturated rings. The van der Waals surface area contributed by atoms with Gasteiger partial charge in [-0.2, -0.15) is 0 Å². The molecule has 0 amide bonds. The normalized spacial score (nSPS) is 13.4. The molecule has 0 saturated carbocycles. The standard InChI is InChI=1S/C29H33Cl2NO4/c1-18-11-21(9-10-25(18)28(34)35)27-8-6-5-7-26(27)19(2)36-17-24(33)16-32-29(3,4)15-20-12-22(30)14-23(31)13-20/h5-14,19,24,32-33H,15-17H2,1-4H3,(H,34,35)/t19-,24-/m1/s1. The highest BCUT2D eigenvalue weighted by Gasteiger charge is 2.21. The van der Waals surface area contributed by atoms with Gasteiger partial charge in [-0.3, -0.25) is 0 Å². The minimum atomic E-state index is -0.939. The molecule has 7 heteroatoms. The van der Waals surface area contributed by atoms with Crippen LogP contribution in [0.2, 0.25) is 10.0 Å². The van der Waals surface area contributed by atoms with Gasteiger partial charge in [-0.25, -0.2) is 4.79 Å². The summed E-state index contributed by atoms with van der Waals surface area (Å²) in [6.45, 7) is 8.40. The molecule has 0 bridgehead atoms. The molecule has 0 aliphatic rings. The molecule has 192 valence electrons. The number of hydrogen-bond donors (Lipinski definition) is 3. The van der Waals surface area contributed by atoms with Crippen molar-refractivity contribution in [1.29, 1.82) is 0 Å². The minimum Gasteiger partial charge on any atom is -0.478 e. The Balaban J connectivity index is 1.59. The molecule has 3 aromatic carbocycles. The second-order valence-electron chi connectivity index (χ2n) is 9.77. The van der Waals surface area contributed by atoms with E-state index in [0.717, 1.165) is 22.3 Å². The van der Waals surface area contributed by atoms with Crippen LogP contribution in [-0.2, 0) is 11.2 Å². The van der Waals surface area contributed by atoms with Crippen molar-refractivity contribution in [1.82, 2.24) is 5.32 Å².